The van der Waals surface area contributed by atoms with Gasteiger partial charge in [0.25, 0.3) is 0 Å². The summed E-state index contributed by atoms with van der Waals surface area (Å²) in [5.74, 6) is 2.38. The van der Waals surface area contributed by atoms with E-state index >= 15 is 0 Å². The molecule has 29 heavy (non-hydrogen) atoms. The van der Waals surface area contributed by atoms with Gasteiger partial charge in [0.2, 0.25) is 5.91 Å². The van der Waals surface area contributed by atoms with Crippen LogP contribution in [0.15, 0.2) is 58.4 Å². The third-order valence-corrected chi connectivity index (χ3v) is 6.80. The molecule has 1 saturated heterocycles. The number of piperazine rings is 1. The minimum Gasteiger partial charge on any atom is -0.497 e. The molecule has 3 heterocycles. The SMILES string of the molecule is COc1ccc(-c2csc(SCC(=O)N3CCN(c4ccccn4)CC3)n2)cc1. The quantitative estimate of drug-likeness (QED) is 0.561. The minimum atomic E-state index is 0.164. The summed E-state index contributed by atoms with van der Waals surface area (Å²) >= 11 is 3.08. The topological polar surface area (TPSA) is 58.6 Å². The van der Waals surface area contributed by atoms with Crippen LogP contribution in [0.3, 0.4) is 0 Å². The normalized spacial score (nSPS) is 14.1. The van der Waals surface area contributed by atoms with Crippen LogP contribution >= 0.6 is 23.1 Å². The second-order valence-corrected chi connectivity index (χ2v) is 8.65. The van der Waals surface area contributed by atoms with Crippen LogP contribution in [0.25, 0.3) is 11.3 Å². The van der Waals surface area contributed by atoms with Gasteiger partial charge in [0.05, 0.1) is 18.6 Å². The predicted octanol–water partition coefficient (Wildman–Crippen LogP) is 3.65. The zero-order valence-corrected chi connectivity index (χ0v) is 17.8. The molecule has 0 spiro atoms. The summed E-state index contributed by atoms with van der Waals surface area (Å²) in [5, 5.41) is 2.03. The highest BCUT2D eigenvalue weighted by molar-refractivity contribution is 8.01. The number of rotatable bonds is 6. The van der Waals surface area contributed by atoms with Crippen LogP contribution in [0.1, 0.15) is 0 Å². The van der Waals surface area contributed by atoms with Gasteiger partial charge in [-0.15, -0.1) is 11.3 Å². The maximum absolute atomic E-state index is 12.6. The lowest BCUT2D eigenvalue weighted by Crippen LogP contribution is -2.49. The number of benzene rings is 1. The van der Waals surface area contributed by atoms with E-state index < -0.39 is 0 Å². The van der Waals surface area contributed by atoms with Gasteiger partial charge in [-0.2, -0.15) is 0 Å². The predicted molar refractivity (Wildman–Crippen MR) is 118 cm³/mol. The van der Waals surface area contributed by atoms with Crippen LogP contribution in [0.4, 0.5) is 5.82 Å². The van der Waals surface area contributed by atoms with E-state index in [1.54, 1.807) is 24.6 Å². The highest BCUT2D eigenvalue weighted by Crippen LogP contribution is 2.29. The van der Waals surface area contributed by atoms with Gasteiger partial charge in [0.1, 0.15) is 11.6 Å². The first-order valence-electron chi connectivity index (χ1n) is 9.39. The number of methoxy groups -OCH3 is 1. The zero-order valence-electron chi connectivity index (χ0n) is 16.2. The Balaban J connectivity index is 1.27. The van der Waals surface area contributed by atoms with E-state index in [1.807, 2.05) is 52.7 Å². The first-order chi connectivity index (χ1) is 14.2. The van der Waals surface area contributed by atoms with Crippen molar-refractivity contribution < 1.29 is 9.53 Å². The molecule has 1 aliphatic rings. The van der Waals surface area contributed by atoms with Crippen LogP contribution in [0, 0.1) is 0 Å². The Labute approximate surface area is 178 Å². The number of carbonyl (C=O) groups excluding carboxylic acids is 1. The standard InChI is InChI=1S/C21H22N4O2S2/c1-27-17-7-5-16(6-8-17)18-14-28-21(23-18)29-15-20(26)25-12-10-24(11-13-25)19-4-2-3-9-22-19/h2-9,14H,10-13,15H2,1H3. The van der Waals surface area contributed by atoms with Gasteiger partial charge in [-0.05, 0) is 36.4 Å². The van der Waals surface area contributed by atoms with E-state index in [1.165, 1.54) is 11.8 Å². The number of carbonyl (C=O) groups is 1. The highest BCUT2D eigenvalue weighted by atomic mass is 32.2. The molecule has 0 saturated carbocycles. The van der Waals surface area contributed by atoms with Crippen molar-refractivity contribution in [3.05, 3.63) is 54.0 Å². The molecule has 4 rings (SSSR count). The number of aromatic nitrogens is 2. The highest BCUT2D eigenvalue weighted by Gasteiger charge is 2.22. The van der Waals surface area contributed by atoms with Gasteiger partial charge in [0.15, 0.2) is 4.34 Å². The molecule has 8 heteroatoms. The molecule has 1 aromatic carbocycles. The fraction of sp³-hybridized carbons (Fsp3) is 0.286. The average molecular weight is 427 g/mol. The lowest BCUT2D eigenvalue weighted by molar-refractivity contribution is -0.128. The van der Waals surface area contributed by atoms with Crippen LogP contribution in [0.2, 0.25) is 0 Å². The number of ether oxygens (including phenoxy) is 1. The molecular formula is C21H22N4O2S2. The molecule has 1 fully saturated rings. The number of thiazole rings is 1. The summed E-state index contributed by atoms with van der Waals surface area (Å²) in [6.45, 7) is 3.08. The molecule has 1 aliphatic heterocycles. The van der Waals surface area contributed by atoms with Crippen molar-refractivity contribution in [3.8, 4) is 17.0 Å². The Bertz CT molecular complexity index is 939. The van der Waals surface area contributed by atoms with Gasteiger partial charge in [-0.3, -0.25) is 4.79 Å². The monoisotopic (exact) mass is 426 g/mol. The number of thioether (sulfide) groups is 1. The molecule has 2 aromatic heterocycles. The number of anilines is 1. The van der Waals surface area contributed by atoms with Crippen molar-refractivity contribution in [3.63, 3.8) is 0 Å². The van der Waals surface area contributed by atoms with Crippen molar-refractivity contribution >= 4 is 34.8 Å². The third kappa shape index (κ3) is 4.89. The van der Waals surface area contributed by atoms with Crippen LogP contribution < -0.4 is 9.64 Å². The molecule has 0 unspecified atom stereocenters. The number of hydrogen-bond donors (Lipinski definition) is 0. The molecule has 6 nitrogen and oxygen atoms in total. The third-order valence-electron chi connectivity index (χ3n) is 4.79. The molecule has 150 valence electrons. The Morgan fingerprint density at radius 1 is 1.14 bits per heavy atom. The summed E-state index contributed by atoms with van der Waals surface area (Å²) in [6.07, 6.45) is 1.80. The van der Waals surface area contributed by atoms with Crippen molar-refractivity contribution in [1.82, 2.24) is 14.9 Å². The number of amides is 1. The van der Waals surface area contributed by atoms with Crippen LogP contribution in [-0.4, -0.2) is 59.8 Å². The van der Waals surface area contributed by atoms with Crippen molar-refractivity contribution in [1.29, 1.82) is 0 Å². The Hall–Kier alpha value is -2.58. The zero-order chi connectivity index (χ0) is 20.1. The minimum absolute atomic E-state index is 0.164. The summed E-state index contributed by atoms with van der Waals surface area (Å²) in [5.41, 5.74) is 1.97. The van der Waals surface area contributed by atoms with Crippen LogP contribution in [0.5, 0.6) is 5.75 Å². The maximum Gasteiger partial charge on any atom is 0.233 e. The van der Waals surface area contributed by atoms with E-state index in [2.05, 4.69) is 14.9 Å². The first kappa shape index (κ1) is 19.7. The van der Waals surface area contributed by atoms with E-state index in [4.69, 9.17) is 4.74 Å². The van der Waals surface area contributed by atoms with Gasteiger partial charge in [0, 0.05) is 43.3 Å². The fourth-order valence-electron chi connectivity index (χ4n) is 3.16. The van der Waals surface area contributed by atoms with Gasteiger partial charge in [-0.1, -0.05) is 17.8 Å². The summed E-state index contributed by atoms with van der Waals surface area (Å²) < 4.78 is 6.11. The number of nitrogens with zero attached hydrogens (tertiary/aromatic N) is 4. The summed E-state index contributed by atoms with van der Waals surface area (Å²) in [4.78, 5) is 25.8. The van der Waals surface area contributed by atoms with Crippen LogP contribution in [-0.2, 0) is 4.79 Å². The second-order valence-electron chi connectivity index (χ2n) is 6.57. The molecule has 0 N–H and O–H groups in total. The molecule has 0 aliphatic carbocycles. The number of pyridine rings is 1. The van der Waals surface area contributed by atoms with Gasteiger partial charge in [-0.25, -0.2) is 9.97 Å². The lowest BCUT2D eigenvalue weighted by Gasteiger charge is -2.35. The van der Waals surface area contributed by atoms with Crippen molar-refractivity contribution in [2.45, 2.75) is 4.34 Å². The molecule has 0 bridgehead atoms. The van der Waals surface area contributed by atoms with E-state index in [-0.39, 0.29) is 5.91 Å². The van der Waals surface area contributed by atoms with Crippen molar-refractivity contribution in [2.75, 3.05) is 43.9 Å². The largest absolute Gasteiger partial charge is 0.497 e. The smallest absolute Gasteiger partial charge is 0.233 e. The Kier molecular flexibility index (Phi) is 6.31. The lowest BCUT2D eigenvalue weighted by atomic mass is 10.2. The molecule has 1 amide bonds. The molecule has 0 radical (unpaired) electrons. The maximum atomic E-state index is 12.6. The first-order valence-corrected chi connectivity index (χ1v) is 11.3. The van der Waals surface area contributed by atoms with E-state index in [9.17, 15) is 4.79 Å². The molecular weight excluding hydrogens is 404 g/mol. The average Bonchev–Trinajstić information content (AvgIpc) is 3.27. The molecule has 0 atom stereocenters. The Morgan fingerprint density at radius 2 is 1.93 bits per heavy atom. The summed E-state index contributed by atoms with van der Waals surface area (Å²) in [7, 11) is 1.65. The fourth-order valence-corrected chi connectivity index (χ4v) is 4.90. The van der Waals surface area contributed by atoms with Gasteiger partial charge < -0.3 is 14.5 Å². The molecule has 3 aromatic rings. The van der Waals surface area contributed by atoms with E-state index in [0.29, 0.717) is 5.75 Å². The van der Waals surface area contributed by atoms with Crippen molar-refractivity contribution in [2.24, 2.45) is 0 Å². The second kappa shape index (κ2) is 9.28. The van der Waals surface area contributed by atoms with Gasteiger partial charge >= 0.3 is 0 Å². The Morgan fingerprint density at radius 3 is 2.62 bits per heavy atom. The van der Waals surface area contributed by atoms with E-state index in [0.717, 1.165) is 53.3 Å². The summed E-state index contributed by atoms with van der Waals surface area (Å²) in [6, 6.07) is 13.8. The number of hydrogen-bond acceptors (Lipinski definition) is 7.